The second-order valence-corrected chi connectivity index (χ2v) is 6.29. The molecule has 0 N–H and O–H groups in total. The molecule has 0 unspecified atom stereocenters. The van der Waals surface area contributed by atoms with Gasteiger partial charge in [-0.1, -0.05) is 42.5 Å². The number of methoxy groups -OCH3 is 2. The normalized spacial score (nSPS) is 10.3. The fourth-order valence-corrected chi connectivity index (χ4v) is 2.97. The molecule has 1 amide bonds. The smallest absolute Gasteiger partial charge is 0.258 e. The highest BCUT2D eigenvalue weighted by Gasteiger charge is 2.20. The third-order valence-corrected chi connectivity index (χ3v) is 4.37. The molecule has 0 heterocycles. The molecule has 4 nitrogen and oxygen atoms in total. The SMILES string of the molecule is COc1ccc(C(=O)N(Cc2ccccc2)c2cccc(C)c2)cc1OC. The summed E-state index contributed by atoms with van der Waals surface area (Å²) in [5.74, 6) is 1.04. The summed E-state index contributed by atoms with van der Waals surface area (Å²) in [6, 6.07) is 23.1. The average molecular weight is 361 g/mol. The summed E-state index contributed by atoms with van der Waals surface area (Å²) in [6.07, 6.45) is 0. The molecule has 138 valence electrons. The van der Waals surface area contributed by atoms with Crippen LogP contribution in [-0.2, 0) is 6.54 Å². The van der Waals surface area contributed by atoms with Crippen molar-refractivity contribution >= 4 is 11.6 Å². The van der Waals surface area contributed by atoms with E-state index in [4.69, 9.17) is 9.47 Å². The van der Waals surface area contributed by atoms with Gasteiger partial charge in [0, 0.05) is 11.3 Å². The van der Waals surface area contributed by atoms with Crippen LogP contribution in [-0.4, -0.2) is 20.1 Å². The number of hydrogen-bond donors (Lipinski definition) is 0. The molecule has 0 saturated heterocycles. The molecular weight excluding hydrogens is 338 g/mol. The molecule has 4 heteroatoms. The Hall–Kier alpha value is -3.27. The summed E-state index contributed by atoms with van der Waals surface area (Å²) in [4.78, 5) is 15.1. The van der Waals surface area contributed by atoms with Gasteiger partial charge in [-0.2, -0.15) is 0 Å². The Balaban J connectivity index is 2.00. The zero-order valence-corrected chi connectivity index (χ0v) is 15.8. The van der Waals surface area contributed by atoms with E-state index in [0.29, 0.717) is 23.6 Å². The number of rotatable bonds is 6. The Labute approximate surface area is 160 Å². The predicted octanol–water partition coefficient (Wildman–Crippen LogP) is 4.86. The number of anilines is 1. The fourth-order valence-electron chi connectivity index (χ4n) is 2.97. The van der Waals surface area contributed by atoms with Gasteiger partial charge < -0.3 is 14.4 Å². The minimum atomic E-state index is -0.0922. The Morgan fingerprint density at radius 2 is 1.59 bits per heavy atom. The molecule has 0 aliphatic rings. The molecule has 3 aromatic carbocycles. The molecule has 27 heavy (non-hydrogen) atoms. The molecule has 0 atom stereocenters. The number of carbonyl (C=O) groups excluding carboxylic acids is 1. The lowest BCUT2D eigenvalue weighted by atomic mass is 10.1. The van der Waals surface area contributed by atoms with Gasteiger partial charge >= 0.3 is 0 Å². The monoisotopic (exact) mass is 361 g/mol. The van der Waals surface area contributed by atoms with E-state index in [-0.39, 0.29) is 5.91 Å². The third-order valence-electron chi connectivity index (χ3n) is 4.37. The first kappa shape index (κ1) is 18.5. The van der Waals surface area contributed by atoms with Gasteiger partial charge in [0.2, 0.25) is 0 Å². The highest BCUT2D eigenvalue weighted by atomic mass is 16.5. The molecule has 0 fully saturated rings. The zero-order chi connectivity index (χ0) is 19.2. The second-order valence-electron chi connectivity index (χ2n) is 6.29. The summed E-state index contributed by atoms with van der Waals surface area (Å²) in [7, 11) is 3.14. The molecular formula is C23H23NO3. The minimum Gasteiger partial charge on any atom is -0.493 e. The Bertz CT molecular complexity index is 922. The van der Waals surface area contributed by atoms with Crippen molar-refractivity contribution in [2.45, 2.75) is 13.5 Å². The van der Waals surface area contributed by atoms with Gasteiger partial charge in [0.05, 0.1) is 20.8 Å². The van der Waals surface area contributed by atoms with Crippen molar-refractivity contribution in [1.82, 2.24) is 0 Å². The summed E-state index contributed by atoms with van der Waals surface area (Å²) in [5.41, 5.74) is 3.57. The van der Waals surface area contributed by atoms with Crippen LogP contribution in [0.3, 0.4) is 0 Å². The van der Waals surface area contributed by atoms with Crippen LogP contribution >= 0.6 is 0 Å². The van der Waals surface area contributed by atoms with Crippen molar-refractivity contribution in [2.24, 2.45) is 0 Å². The van der Waals surface area contributed by atoms with Gasteiger partial charge in [0.15, 0.2) is 11.5 Å². The first-order valence-corrected chi connectivity index (χ1v) is 8.77. The number of benzene rings is 3. The number of nitrogens with zero attached hydrogens (tertiary/aromatic N) is 1. The number of aryl methyl sites for hydroxylation is 1. The van der Waals surface area contributed by atoms with Gasteiger partial charge in [0.1, 0.15) is 0 Å². The number of hydrogen-bond acceptors (Lipinski definition) is 3. The van der Waals surface area contributed by atoms with E-state index < -0.39 is 0 Å². The van der Waals surface area contributed by atoms with Crippen molar-refractivity contribution in [3.8, 4) is 11.5 Å². The Morgan fingerprint density at radius 1 is 0.852 bits per heavy atom. The van der Waals surface area contributed by atoms with Crippen molar-refractivity contribution in [1.29, 1.82) is 0 Å². The zero-order valence-electron chi connectivity index (χ0n) is 15.8. The maximum atomic E-state index is 13.4. The topological polar surface area (TPSA) is 38.8 Å². The van der Waals surface area contributed by atoms with Gasteiger partial charge in [-0.05, 0) is 48.4 Å². The van der Waals surface area contributed by atoms with Crippen molar-refractivity contribution in [3.05, 3.63) is 89.5 Å². The standard InChI is InChI=1S/C23H23NO3/c1-17-8-7-11-20(14-17)24(16-18-9-5-4-6-10-18)23(25)19-12-13-21(26-2)22(15-19)27-3/h4-15H,16H2,1-3H3. The van der Waals surface area contributed by atoms with E-state index in [1.54, 1.807) is 37.3 Å². The minimum absolute atomic E-state index is 0.0922. The van der Waals surface area contributed by atoms with Crippen LogP contribution in [0.1, 0.15) is 21.5 Å². The summed E-state index contributed by atoms with van der Waals surface area (Å²) < 4.78 is 10.6. The second kappa shape index (κ2) is 8.41. The van der Waals surface area contributed by atoms with Gasteiger partial charge in [-0.25, -0.2) is 0 Å². The number of carbonyl (C=O) groups is 1. The van der Waals surface area contributed by atoms with E-state index in [0.717, 1.165) is 16.8 Å². The van der Waals surface area contributed by atoms with Gasteiger partial charge in [-0.3, -0.25) is 4.79 Å². The van der Waals surface area contributed by atoms with Crippen LogP contribution < -0.4 is 14.4 Å². The molecule has 3 aromatic rings. The van der Waals surface area contributed by atoms with E-state index in [1.807, 2.05) is 61.5 Å². The summed E-state index contributed by atoms with van der Waals surface area (Å²) in [5, 5.41) is 0. The third kappa shape index (κ3) is 4.29. The van der Waals surface area contributed by atoms with Gasteiger partial charge in [0.25, 0.3) is 5.91 Å². The largest absolute Gasteiger partial charge is 0.493 e. The van der Waals surface area contributed by atoms with E-state index in [9.17, 15) is 4.79 Å². The van der Waals surface area contributed by atoms with Gasteiger partial charge in [-0.15, -0.1) is 0 Å². The van der Waals surface area contributed by atoms with Crippen molar-refractivity contribution in [2.75, 3.05) is 19.1 Å². The molecule has 0 radical (unpaired) electrons. The van der Waals surface area contributed by atoms with E-state index in [2.05, 4.69) is 0 Å². The average Bonchev–Trinajstić information content (AvgIpc) is 2.71. The van der Waals surface area contributed by atoms with Crippen LogP contribution in [0.2, 0.25) is 0 Å². The summed E-state index contributed by atoms with van der Waals surface area (Å²) >= 11 is 0. The fraction of sp³-hybridized carbons (Fsp3) is 0.174. The molecule has 0 bridgehead atoms. The van der Waals surface area contributed by atoms with Crippen LogP contribution in [0.25, 0.3) is 0 Å². The number of ether oxygens (including phenoxy) is 2. The lowest BCUT2D eigenvalue weighted by Gasteiger charge is -2.24. The molecule has 0 spiro atoms. The lowest BCUT2D eigenvalue weighted by molar-refractivity contribution is 0.0984. The molecule has 3 rings (SSSR count). The Kier molecular flexibility index (Phi) is 5.77. The quantitative estimate of drug-likeness (QED) is 0.629. The molecule has 0 aliphatic carbocycles. The predicted molar refractivity (Wildman–Crippen MR) is 108 cm³/mol. The van der Waals surface area contributed by atoms with Crippen molar-refractivity contribution in [3.63, 3.8) is 0 Å². The lowest BCUT2D eigenvalue weighted by Crippen LogP contribution is -2.30. The molecule has 0 aliphatic heterocycles. The van der Waals surface area contributed by atoms with E-state index in [1.165, 1.54) is 0 Å². The molecule has 0 saturated carbocycles. The summed E-state index contributed by atoms with van der Waals surface area (Å²) in [6.45, 7) is 2.50. The van der Waals surface area contributed by atoms with E-state index >= 15 is 0 Å². The van der Waals surface area contributed by atoms with Crippen LogP contribution in [0, 0.1) is 6.92 Å². The van der Waals surface area contributed by atoms with Crippen LogP contribution in [0.5, 0.6) is 11.5 Å². The van der Waals surface area contributed by atoms with Crippen LogP contribution in [0.15, 0.2) is 72.8 Å². The van der Waals surface area contributed by atoms with Crippen LogP contribution in [0.4, 0.5) is 5.69 Å². The number of amides is 1. The highest BCUT2D eigenvalue weighted by Crippen LogP contribution is 2.29. The first-order valence-electron chi connectivity index (χ1n) is 8.77. The highest BCUT2D eigenvalue weighted by molar-refractivity contribution is 6.06. The molecule has 0 aromatic heterocycles. The Morgan fingerprint density at radius 3 is 2.26 bits per heavy atom. The first-order chi connectivity index (χ1) is 13.1. The maximum absolute atomic E-state index is 13.4. The maximum Gasteiger partial charge on any atom is 0.258 e. The van der Waals surface area contributed by atoms with Crippen molar-refractivity contribution < 1.29 is 14.3 Å².